The molecule has 3 rings (SSSR count). The third-order valence-corrected chi connectivity index (χ3v) is 7.07. The minimum atomic E-state index is -3.53. The molecule has 0 heterocycles. The van der Waals surface area contributed by atoms with Crippen LogP contribution in [0.1, 0.15) is 25.7 Å². The van der Waals surface area contributed by atoms with Gasteiger partial charge in [-0.05, 0) is 59.7 Å². The van der Waals surface area contributed by atoms with E-state index in [0.29, 0.717) is 16.9 Å². The third-order valence-electron chi connectivity index (χ3n) is 3.69. The number of nitrogens with zero attached hydrogens (tertiary/aromatic N) is 1. The highest BCUT2D eigenvalue weighted by atomic mass is 79.9. The highest BCUT2D eigenvalue weighted by Crippen LogP contribution is 2.41. The van der Waals surface area contributed by atoms with Crippen LogP contribution in [0, 0.1) is 5.92 Å². The number of nitrogen functional groups attached to an aromatic ring is 1. The molecular formula is C13H16Br2N2O2S. The maximum absolute atomic E-state index is 12.9. The van der Waals surface area contributed by atoms with Crippen molar-refractivity contribution in [2.24, 2.45) is 5.92 Å². The SMILES string of the molecule is Nc1cc(Br)cc(Br)c1S(=O)(=O)N(CC1CC1)C1CC1. The van der Waals surface area contributed by atoms with Crippen LogP contribution in [0.2, 0.25) is 0 Å². The molecule has 0 aliphatic heterocycles. The zero-order chi connectivity index (χ0) is 14.5. The Labute approximate surface area is 136 Å². The van der Waals surface area contributed by atoms with Gasteiger partial charge in [0, 0.05) is 21.5 Å². The van der Waals surface area contributed by atoms with Crippen molar-refractivity contribution in [3.8, 4) is 0 Å². The molecule has 0 aromatic heterocycles. The summed E-state index contributed by atoms with van der Waals surface area (Å²) in [5.74, 6) is 0.529. The zero-order valence-corrected chi connectivity index (χ0v) is 14.8. The van der Waals surface area contributed by atoms with Gasteiger partial charge in [-0.3, -0.25) is 0 Å². The van der Waals surface area contributed by atoms with E-state index in [1.165, 1.54) is 0 Å². The van der Waals surface area contributed by atoms with Crippen molar-refractivity contribution in [2.45, 2.75) is 36.6 Å². The molecule has 1 aromatic carbocycles. The lowest BCUT2D eigenvalue weighted by Gasteiger charge is -2.23. The Morgan fingerprint density at radius 3 is 2.35 bits per heavy atom. The van der Waals surface area contributed by atoms with Gasteiger partial charge >= 0.3 is 0 Å². The van der Waals surface area contributed by atoms with E-state index in [9.17, 15) is 8.42 Å². The first-order valence-corrected chi connectivity index (χ1v) is 9.68. The van der Waals surface area contributed by atoms with Gasteiger partial charge in [-0.2, -0.15) is 4.31 Å². The summed E-state index contributed by atoms with van der Waals surface area (Å²) in [6.07, 6.45) is 4.19. The summed E-state index contributed by atoms with van der Waals surface area (Å²) in [5.41, 5.74) is 6.23. The molecule has 20 heavy (non-hydrogen) atoms. The molecule has 0 amide bonds. The van der Waals surface area contributed by atoms with Gasteiger partial charge in [0.1, 0.15) is 4.90 Å². The molecule has 2 saturated carbocycles. The minimum Gasteiger partial charge on any atom is -0.398 e. The molecule has 0 bridgehead atoms. The van der Waals surface area contributed by atoms with Crippen LogP contribution in [0.4, 0.5) is 5.69 Å². The van der Waals surface area contributed by atoms with Crippen molar-refractivity contribution in [3.05, 3.63) is 21.1 Å². The lowest BCUT2D eigenvalue weighted by atomic mass is 10.3. The van der Waals surface area contributed by atoms with E-state index >= 15 is 0 Å². The van der Waals surface area contributed by atoms with Crippen LogP contribution in [0.25, 0.3) is 0 Å². The van der Waals surface area contributed by atoms with Gasteiger partial charge in [-0.15, -0.1) is 0 Å². The van der Waals surface area contributed by atoms with Crippen molar-refractivity contribution in [3.63, 3.8) is 0 Å². The summed E-state index contributed by atoms with van der Waals surface area (Å²) in [7, 11) is -3.53. The summed E-state index contributed by atoms with van der Waals surface area (Å²) in [5, 5.41) is 0. The second-order valence-corrected chi connectivity index (χ2v) is 9.15. The molecule has 2 aliphatic carbocycles. The summed E-state index contributed by atoms with van der Waals surface area (Å²) in [6, 6.07) is 3.53. The van der Waals surface area contributed by atoms with Crippen LogP contribution < -0.4 is 5.73 Å². The van der Waals surface area contributed by atoms with Gasteiger partial charge < -0.3 is 5.73 Å². The van der Waals surface area contributed by atoms with Gasteiger partial charge in [0.2, 0.25) is 10.0 Å². The zero-order valence-electron chi connectivity index (χ0n) is 10.9. The molecule has 1 aromatic rings. The van der Waals surface area contributed by atoms with Crippen molar-refractivity contribution in [1.29, 1.82) is 0 Å². The topological polar surface area (TPSA) is 63.4 Å². The molecule has 0 atom stereocenters. The molecule has 2 aliphatic rings. The highest BCUT2D eigenvalue weighted by Gasteiger charge is 2.42. The number of anilines is 1. The number of nitrogens with two attached hydrogens (primary N) is 1. The fourth-order valence-electron chi connectivity index (χ4n) is 2.33. The van der Waals surface area contributed by atoms with E-state index in [0.717, 1.165) is 30.2 Å². The van der Waals surface area contributed by atoms with Crippen molar-refractivity contribution in [2.75, 3.05) is 12.3 Å². The molecule has 0 spiro atoms. The minimum absolute atomic E-state index is 0.163. The average molecular weight is 424 g/mol. The summed E-state index contributed by atoms with van der Waals surface area (Å²) in [4.78, 5) is 0.202. The normalized spacial score (nSPS) is 19.6. The second kappa shape index (κ2) is 5.26. The Kier molecular flexibility index (Phi) is 3.90. The molecule has 4 nitrogen and oxygen atoms in total. The van der Waals surface area contributed by atoms with Crippen molar-refractivity contribution in [1.82, 2.24) is 4.31 Å². The Morgan fingerprint density at radius 2 is 1.85 bits per heavy atom. The standard InChI is InChI=1S/C13H16Br2N2O2S/c14-9-5-11(15)13(12(16)6-9)20(18,19)17(10-3-4-10)7-8-1-2-8/h5-6,8,10H,1-4,7,16H2. The molecule has 2 fully saturated rings. The Morgan fingerprint density at radius 1 is 1.20 bits per heavy atom. The Balaban J connectivity index is 2.01. The summed E-state index contributed by atoms with van der Waals surface area (Å²) in [6.45, 7) is 0.634. The summed E-state index contributed by atoms with van der Waals surface area (Å²) >= 11 is 6.66. The van der Waals surface area contributed by atoms with Crippen LogP contribution in [0.5, 0.6) is 0 Å². The molecule has 2 N–H and O–H groups in total. The predicted molar refractivity (Wildman–Crippen MR) is 85.9 cm³/mol. The van der Waals surface area contributed by atoms with Gasteiger partial charge in [-0.1, -0.05) is 15.9 Å². The molecule has 0 saturated heterocycles. The molecule has 7 heteroatoms. The largest absolute Gasteiger partial charge is 0.398 e. The first-order chi connectivity index (χ1) is 9.39. The lowest BCUT2D eigenvalue weighted by molar-refractivity contribution is 0.389. The maximum atomic E-state index is 12.9. The van der Waals surface area contributed by atoms with Crippen molar-refractivity contribution >= 4 is 47.6 Å². The van der Waals surface area contributed by atoms with E-state index < -0.39 is 10.0 Å². The predicted octanol–water partition coefficient (Wildman–Crippen LogP) is 3.36. The number of benzene rings is 1. The van der Waals surface area contributed by atoms with E-state index in [2.05, 4.69) is 31.9 Å². The summed E-state index contributed by atoms with van der Waals surface area (Å²) < 4.78 is 28.8. The smallest absolute Gasteiger partial charge is 0.246 e. The van der Waals surface area contributed by atoms with Crippen LogP contribution in [0.15, 0.2) is 26.0 Å². The Bertz CT molecular complexity index is 617. The maximum Gasteiger partial charge on any atom is 0.246 e. The molecule has 0 radical (unpaired) electrons. The van der Waals surface area contributed by atoms with Gasteiger partial charge in [-0.25, -0.2) is 8.42 Å². The van der Waals surface area contributed by atoms with Crippen molar-refractivity contribution < 1.29 is 8.42 Å². The molecule has 0 unspecified atom stereocenters. The van der Waals surface area contributed by atoms with Crippen LogP contribution >= 0.6 is 31.9 Å². The first kappa shape index (κ1) is 14.8. The molecular weight excluding hydrogens is 408 g/mol. The lowest BCUT2D eigenvalue weighted by Crippen LogP contribution is -2.35. The third kappa shape index (κ3) is 2.91. The molecule has 110 valence electrons. The number of hydrogen-bond donors (Lipinski definition) is 1. The highest BCUT2D eigenvalue weighted by molar-refractivity contribution is 9.11. The fourth-order valence-corrected chi connectivity index (χ4v) is 6.11. The number of halogens is 2. The van der Waals surface area contributed by atoms with Gasteiger partial charge in [0.25, 0.3) is 0 Å². The van der Waals surface area contributed by atoms with Gasteiger partial charge in [0.05, 0.1) is 5.69 Å². The quantitative estimate of drug-likeness (QED) is 0.738. The van der Waals surface area contributed by atoms with Gasteiger partial charge in [0.15, 0.2) is 0 Å². The van der Waals surface area contributed by atoms with E-state index in [1.807, 2.05) is 0 Å². The van der Waals surface area contributed by atoms with Crippen LogP contribution in [-0.2, 0) is 10.0 Å². The Hall–Kier alpha value is -0.110. The number of sulfonamides is 1. The van der Waals surface area contributed by atoms with Crippen LogP contribution in [0.3, 0.4) is 0 Å². The number of rotatable bonds is 5. The second-order valence-electron chi connectivity index (χ2n) is 5.56. The van der Waals surface area contributed by atoms with E-state index in [-0.39, 0.29) is 16.6 Å². The van der Waals surface area contributed by atoms with E-state index in [1.54, 1.807) is 16.4 Å². The first-order valence-electron chi connectivity index (χ1n) is 6.66. The monoisotopic (exact) mass is 422 g/mol. The van der Waals surface area contributed by atoms with Crippen LogP contribution in [-0.4, -0.2) is 25.3 Å². The average Bonchev–Trinajstić information content (AvgIpc) is 3.18. The number of hydrogen-bond acceptors (Lipinski definition) is 3. The van der Waals surface area contributed by atoms with E-state index in [4.69, 9.17) is 5.73 Å². The fraction of sp³-hybridized carbons (Fsp3) is 0.538.